The van der Waals surface area contributed by atoms with E-state index in [1.54, 1.807) is 7.11 Å². The largest absolute Gasteiger partial charge is 0.504 e. The first-order valence-corrected chi connectivity index (χ1v) is 10.9. The van der Waals surface area contributed by atoms with Crippen LogP contribution < -0.4 is 4.74 Å². The summed E-state index contributed by atoms with van der Waals surface area (Å²) in [6.45, 7) is 1.96. The molecule has 5 heteroatoms. The molecule has 3 atom stereocenters. The van der Waals surface area contributed by atoms with Crippen LogP contribution in [0.5, 0.6) is 5.75 Å². The minimum Gasteiger partial charge on any atom is -0.504 e. The molecule has 0 amide bonds. The zero-order valence-electron chi connectivity index (χ0n) is 17.9. The van der Waals surface area contributed by atoms with E-state index in [0.29, 0.717) is 12.8 Å². The van der Waals surface area contributed by atoms with Gasteiger partial charge in [0, 0.05) is 11.8 Å². The summed E-state index contributed by atoms with van der Waals surface area (Å²) in [6, 6.07) is 17.2. The van der Waals surface area contributed by atoms with E-state index < -0.39 is 23.6 Å². The zero-order valence-corrected chi connectivity index (χ0v) is 17.9. The van der Waals surface area contributed by atoms with Crippen molar-refractivity contribution in [1.29, 1.82) is 0 Å². The Kier molecular flexibility index (Phi) is 6.12. The predicted molar refractivity (Wildman–Crippen MR) is 117 cm³/mol. The Bertz CT molecular complexity index is 973. The third-order valence-corrected chi connectivity index (χ3v) is 6.37. The van der Waals surface area contributed by atoms with Crippen molar-refractivity contribution in [2.45, 2.75) is 44.6 Å². The SMILES string of the molecule is CCC(Cc1ccc(OC)cc1)C1OC(=O)C(C(c2ccccc2)C2CC2)=C(O)C1=O. The maximum Gasteiger partial charge on any atom is 0.339 e. The minimum atomic E-state index is -0.973. The molecule has 1 aliphatic carbocycles. The van der Waals surface area contributed by atoms with Gasteiger partial charge < -0.3 is 14.6 Å². The number of ether oxygens (including phenoxy) is 2. The Morgan fingerprint density at radius 2 is 1.74 bits per heavy atom. The molecule has 2 aliphatic rings. The standard InChI is InChI=1S/C26H28O5/c1-3-17(15-16-9-13-20(30-2)14-10-16)25-24(28)23(27)22(26(29)31-25)21(19-11-12-19)18-7-5-4-6-8-18/h4-10,13-14,17,19,21,25,27H,3,11-12,15H2,1-2H3. The van der Waals surface area contributed by atoms with E-state index in [2.05, 4.69) is 0 Å². The molecular formula is C26H28O5. The van der Waals surface area contributed by atoms with Gasteiger partial charge in [0.15, 0.2) is 11.9 Å². The highest BCUT2D eigenvalue weighted by Gasteiger charge is 2.47. The van der Waals surface area contributed by atoms with Gasteiger partial charge >= 0.3 is 5.97 Å². The van der Waals surface area contributed by atoms with Crippen LogP contribution in [0, 0.1) is 11.8 Å². The van der Waals surface area contributed by atoms with Gasteiger partial charge in [-0.05, 0) is 54.9 Å². The molecule has 3 unspecified atom stereocenters. The Morgan fingerprint density at radius 3 is 2.32 bits per heavy atom. The quantitative estimate of drug-likeness (QED) is 0.623. The highest BCUT2D eigenvalue weighted by atomic mass is 16.6. The van der Waals surface area contributed by atoms with Crippen LogP contribution in [0.2, 0.25) is 0 Å². The lowest BCUT2D eigenvalue weighted by Crippen LogP contribution is -2.42. The Morgan fingerprint density at radius 1 is 1.06 bits per heavy atom. The molecule has 2 aromatic carbocycles. The van der Waals surface area contributed by atoms with E-state index in [0.717, 1.165) is 29.7 Å². The van der Waals surface area contributed by atoms with Crippen molar-refractivity contribution in [1.82, 2.24) is 0 Å². The summed E-state index contributed by atoms with van der Waals surface area (Å²) in [5, 5.41) is 10.9. The first-order valence-electron chi connectivity index (χ1n) is 10.9. The van der Waals surface area contributed by atoms with Crippen LogP contribution in [0.15, 0.2) is 65.9 Å². The van der Waals surface area contributed by atoms with Gasteiger partial charge in [-0.1, -0.05) is 49.4 Å². The second kappa shape index (κ2) is 8.96. The molecule has 31 heavy (non-hydrogen) atoms. The second-order valence-electron chi connectivity index (χ2n) is 8.40. The van der Waals surface area contributed by atoms with E-state index in [9.17, 15) is 14.7 Å². The highest BCUT2D eigenvalue weighted by molar-refractivity contribution is 6.09. The summed E-state index contributed by atoms with van der Waals surface area (Å²) < 4.78 is 10.9. The normalized spacial score (nSPS) is 20.9. The first kappa shape index (κ1) is 21.2. The lowest BCUT2D eigenvalue weighted by atomic mass is 9.81. The van der Waals surface area contributed by atoms with E-state index in [1.165, 1.54) is 0 Å². The van der Waals surface area contributed by atoms with Gasteiger partial charge in [-0.25, -0.2) is 4.79 Å². The smallest absolute Gasteiger partial charge is 0.339 e. The predicted octanol–water partition coefficient (Wildman–Crippen LogP) is 4.76. The van der Waals surface area contributed by atoms with Crippen LogP contribution in [0.25, 0.3) is 0 Å². The number of hydrogen-bond acceptors (Lipinski definition) is 5. The molecule has 2 aromatic rings. The number of methoxy groups -OCH3 is 1. The monoisotopic (exact) mass is 420 g/mol. The van der Waals surface area contributed by atoms with Gasteiger partial charge in [-0.15, -0.1) is 0 Å². The fourth-order valence-electron chi connectivity index (χ4n) is 4.48. The number of ketones is 1. The molecular weight excluding hydrogens is 392 g/mol. The first-order chi connectivity index (χ1) is 15.0. The van der Waals surface area contributed by atoms with Crippen LogP contribution in [0.3, 0.4) is 0 Å². The molecule has 1 heterocycles. The third kappa shape index (κ3) is 4.36. The van der Waals surface area contributed by atoms with E-state index in [1.807, 2.05) is 61.5 Å². The van der Waals surface area contributed by atoms with Gasteiger partial charge in [0.25, 0.3) is 0 Å². The van der Waals surface area contributed by atoms with Gasteiger partial charge in [0.2, 0.25) is 5.78 Å². The number of rotatable bonds is 8. The molecule has 1 N–H and O–H groups in total. The summed E-state index contributed by atoms with van der Waals surface area (Å²) >= 11 is 0. The molecule has 0 aromatic heterocycles. The number of esters is 1. The lowest BCUT2D eigenvalue weighted by Gasteiger charge is -2.31. The molecule has 1 aliphatic heterocycles. The molecule has 1 saturated carbocycles. The number of Topliss-reactive ketones (excluding diaryl/α,β-unsaturated/α-hetero) is 1. The average Bonchev–Trinajstić information content (AvgIpc) is 3.63. The van der Waals surface area contributed by atoms with Crippen molar-refractivity contribution in [3.8, 4) is 5.75 Å². The summed E-state index contributed by atoms with van der Waals surface area (Å²) in [5.74, 6) is -1.00. The van der Waals surface area contributed by atoms with Crippen molar-refractivity contribution in [2.75, 3.05) is 7.11 Å². The van der Waals surface area contributed by atoms with Crippen LogP contribution >= 0.6 is 0 Å². The maximum absolute atomic E-state index is 13.1. The molecule has 0 spiro atoms. The summed E-state index contributed by atoms with van der Waals surface area (Å²) in [7, 11) is 1.61. The summed E-state index contributed by atoms with van der Waals surface area (Å²) in [4.78, 5) is 26.2. The van der Waals surface area contributed by atoms with Crippen molar-refractivity contribution in [3.05, 3.63) is 77.1 Å². The zero-order chi connectivity index (χ0) is 22.0. The fourth-order valence-corrected chi connectivity index (χ4v) is 4.48. The molecule has 0 saturated heterocycles. The van der Waals surface area contributed by atoms with Crippen molar-refractivity contribution < 1.29 is 24.2 Å². The number of aliphatic hydroxyl groups excluding tert-OH is 1. The lowest BCUT2D eigenvalue weighted by molar-refractivity contribution is -0.158. The summed E-state index contributed by atoms with van der Waals surface area (Å²) in [5.41, 5.74) is 2.07. The van der Waals surface area contributed by atoms with Crippen LogP contribution in [-0.2, 0) is 20.7 Å². The van der Waals surface area contributed by atoms with Crippen LogP contribution in [0.1, 0.15) is 43.2 Å². The molecule has 1 fully saturated rings. The van der Waals surface area contributed by atoms with E-state index >= 15 is 0 Å². The van der Waals surface area contributed by atoms with E-state index in [4.69, 9.17) is 9.47 Å². The fraction of sp³-hybridized carbons (Fsp3) is 0.385. The highest BCUT2D eigenvalue weighted by Crippen LogP contribution is 2.48. The number of cyclic esters (lactones) is 1. The topological polar surface area (TPSA) is 72.8 Å². The molecule has 0 bridgehead atoms. The number of benzene rings is 2. The van der Waals surface area contributed by atoms with Gasteiger partial charge in [-0.2, -0.15) is 0 Å². The average molecular weight is 421 g/mol. The number of hydrogen-bond donors (Lipinski definition) is 1. The van der Waals surface area contributed by atoms with Crippen molar-refractivity contribution in [2.24, 2.45) is 11.8 Å². The summed E-state index contributed by atoms with van der Waals surface area (Å²) in [6.07, 6.45) is 2.17. The van der Waals surface area contributed by atoms with Crippen LogP contribution in [0.4, 0.5) is 0 Å². The van der Waals surface area contributed by atoms with Crippen molar-refractivity contribution in [3.63, 3.8) is 0 Å². The third-order valence-electron chi connectivity index (χ3n) is 6.37. The molecule has 162 valence electrons. The van der Waals surface area contributed by atoms with Gasteiger partial charge in [-0.3, -0.25) is 4.79 Å². The Labute approximate surface area is 182 Å². The maximum atomic E-state index is 13.1. The second-order valence-corrected chi connectivity index (χ2v) is 8.40. The van der Waals surface area contributed by atoms with Crippen molar-refractivity contribution >= 4 is 11.8 Å². The Hall–Kier alpha value is -3.08. The number of carbonyl (C=O) groups excluding carboxylic acids is 2. The Balaban J connectivity index is 1.60. The number of aliphatic hydroxyl groups is 1. The van der Waals surface area contributed by atoms with Crippen LogP contribution in [-0.4, -0.2) is 30.1 Å². The van der Waals surface area contributed by atoms with Gasteiger partial charge in [0.1, 0.15) is 5.75 Å². The van der Waals surface area contributed by atoms with E-state index in [-0.39, 0.29) is 23.3 Å². The number of carbonyl (C=O) groups is 2. The molecule has 0 radical (unpaired) electrons. The molecule has 4 rings (SSSR count). The van der Waals surface area contributed by atoms with Gasteiger partial charge in [0.05, 0.1) is 12.7 Å². The minimum absolute atomic E-state index is 0.120. The molecule has 5 nitrogen and oxygen atoms in total.